The summed E-state index contributed by atoms with van der Waals surface area (Å²) in [6.45, 7) is 3.89. The molecule has 1 saturated heterocycles. The number of methoxy groups -OCH3 is 2. The molecule has 2 N–H and O–H groups in total. The Labute approximate surface area is 171 Å². The molecule has 1 fully saturated rings. The molecule has 0 unspecified atom stereocenters. The average Bonchev–Trinajstić information content (AvgIpc) is 2.75. The lowest BCUT2D eigenvalue weighted by Gasteiger charge is -2.35. The SMILES string of the molecule is COc1ccc(OC)c(NC(=S)NC[C@@H](c2cccnc2)N2CCOCC2)c1. The van der Waals surface area contributed by atoms with E-state index >= 15 is 0 Å². The lowest BCUT2D eigenvalue weighted by Crippen LogP contribution is -2.44. The zero-order valence-corrected chi connectivity index (χ0v) is 17.0. The molecule has 0 spiro atoms. The van der Waals surface area contributed by atoms with E-state index < -0.39 is 0 Å². The van der Waals surface area contributed by atoms with Gasteiger partial charge in [0.25, 0.3) is 0 Å². The summed E-state index contributed by atoms with van der Waals surface area (Å²) >= 11 is 5.52. The Balaban J connectivity index is 1.67. The van der Waals surface area contributed by atoms with Crippen molar-refractivity contribution in [3.05, 3.63) is 48.3 Å². The van der Waals surface area contributed by atoms with Crippen molar-refractivity contribution >= 4 is 23.0 Å². The normalized spacial score (nSPS) is 15.5. The van der Waals surface area contributed by atoms with E-state index in [0.29, 0.717) is 17.4 Å². The average molecular weight is 403 g/mol. The minimum atomic E-state index is 0.157. The highest BCUT2D eigenvalue weighted by atomic mass is 32.1. The predicted octanol–water partition coefficient (Wildman–Crippen LogP) is 2.46. The molecule has 1 aliphatic rings. The number of benzene rings is 1. The third-order valence-electron chi connectivity index (χ3n) is 4.67. The highest BCUT2D eigenvalue weighted by Crippen LogP contribution is 2.29. The summed E-state index contributed by atoms with van der Waals surface area (Å²) in [6.07, 6.45) is 3.69. The van der Waals surface area contributed by atoms with Crippen LogP contribution in [0.2, 0.25) is 0 Å². The lowest BCUT2D eigenvalue weighted by molar-refractivity contribution is 0.0170. The summed E-state index contributed by atoms with van der Waals surface area (Å²) in [4.78, 5) is 6.66. The second-order valence-electron chi connectivity index (χ2n) is 6.35. The summed E-state index contributed by atoms with van der Waals surface area (Å²) in [5, 5.41) is 7.05. The largest absolute Gasteiger partial charge is 0.497 e. The minimum Gasteiger partial charge on any atom is -0.497 e. The van der Waals surface area contributed by atoms with E-state index in [1.54, 1.807) is 20.4 Å². The molecule has 8 heteroatoms. The van der Waals surface area contributed by atoms with Crippen LogP contribution < -0.4 is 20.1 Å². The Morgan fingerprint density at radius 3 is 2.75 bits per heavy atom. The van der Waals surface area contributed by atoms with Crippen LogP contribution in [0.3, 0.4) is 0 Å². The smallest absolute Gasteiger partial charge is 0.170 e. The van der Waals surface area contributed by atoms with Gasteiger partial charge >= 0.3 is 0 Å². The first-order valence-electron chi connectivity index (χ1n) is 9.20. The fraction of sp³-hybridized carbons (Fsp3) is 0.400. The molecule has 2 heterocycles. The molecule has 150 valence electrons. The van der Waals surface area contributed by atoms with Crippen LogP contribution in [-0.4, -0.2) is 62.1 Å². The van der Waals surface area contributed by atoms with Gasteiger partial charge in [0.15, 0.2) is 5.11 Å². The van der Waals surface area contributed by atoms with Crippen molar-refractivity contribution in [1.82, 2.24) is 15.2 Å². The van der Waals surface area contributed by atoms with E-state index in [2.05, 4.69) is 26.6 Å². The quantitative estimate of drug-likeness (QED) is 0.685. The number of nitrogens with one attached hydrogen (secondary N) is 2. The number of hydrogen-bond donors (Lipinski definition) is 2. The minimum absolute atomic E-state index is 0.157. The van der Waals surface area contributed by atoms with Gasteiger partial charge in [0.1, 0.15) is 11.5 Å². The second kappa shape index (κ2) is 10.2. The van der Waals surface area contributed by atoms with Crippen molar-refractivity contribution in [1.29, 1.82) is 0 Å². The summed E-state index contributed by atoms with van der Waals surface area (Å²) < 4.78 is 16.2. The van der Waals surface area contributed by atoms with Crippen LogP contribution in [0, 0.1) is 0 Å². The number of rotatable bonds is 7. The monoisotopic (exact) mass is 402 g/mol. The van der Waals surface area contributed by atoms with Gasteiger partial charge in [-0.2, -0.15) is 0 Å². The third-order valence-corrected chi connectivity index (χ3v) is 4.91. The van der Waals surface area contributed by atoms with Crippen LogP contribution in [-0.2, 0) is 4.74 Å². The molecule has 1 atom stereocenters. The Bertz CT molecular complexity index is 769. The maximum absolute atomic E-state index is 5.52. The van der Waals surface area contributed by atoms with Crippen molar-refractivity contribution in [2.24, 2.45) is 0 Å². The highest BCUT2D eigenvalue weighted by molar-refractivity contribution is 7.80. The first-order chi connectivity index (χ1) is 13.7. The molecule has 1 aliphatic heterocycles. The van der Waals surface area contributed by atoms with Crippen molar-refractivity contribution < 1.29 is 14.2 Å². The van der Waals surface area contributed by atoms with Crippen molar-refractivity contribution in [3.8, 4) is 11.5 Å². The fourth-order valence-electron chi connectivity index (χ4n) is 3.19. The molecule has 0 bridgehead atoms. The summed E-state index contributed by atoms with van der Waals surface area (Å²) in [6, 6.07) is 9.75. The Morgan fingerprint density at radius 2 is 2.07 bits per heavy atom. The van der Waals surface area contributed by atoms with Crippen molar-refractivity contribution in [3.63, 3.8) is 0 Å². The molecule has 2 aromatic rings. The van der Waals surface area contributed by atoms with Crippen LogP contribution in [0.5, 0.6) is 11.5 Å². The van der Waals surface area contributed by atoms with E-state index in [4.69, 9.17) is 26.4 Å². The number of thiocarbonyl (C=S) groups is 1. The van der Waals surface area contributed by atoms with Gasteiger partial charge in [-0.1, -0.05) is 6.07 Å². The molecule has 0 radical (unpaired) electrons. The van der Waals surface area contributed by atoms with Crippen LogP contribution >= 0.6 is 12.2 Å². The molecule has 0 saturated carbocycles. The molecule has 1 aromatic carbocycles. The summed E-state index contributed by atoms with van der Waals surface area (Å²) in [5.41, 5.74) is 1.90. The van der Waals surface area contributed by atoms with Gasteiger partial charge in [0.2, 0.25) is 0 Å². The Hall–Kier alpha value is -2.42. The van der Waals surface area contributed by atoms with Gasteiger partial charge in [0, 0.05) is 38.1 Å². The summed E-state index contributed by atoms with van der Waals surface area (Å²) in [5.74, 6) is 1.43. The van der Waals surface area contributed by atoms with Gasteiger partial charge in [-0.3, -0.25) is 9.88 Å². The molecule has 3 rings (SSSR count). The Kier molecular flexibility index (Phi) is 7.41. The van der Waals surface area contributed by atoms with Gasteiger partial charge < -0.3 is 24.8 Å². The van der Waals surface area contributed by atoms with Crippen LogP contribution in [0.4, 0.5) is 5.69 Å². The predicted molar refractivity (Wildman–Crippen MR) is 113 cm³/mol. The van der Waals surface area contributed by atoms with Crippen molar-refractivity contribution in [2.75, 3.05) is 52.4 Å². The first kappa shape index (κ1) is 20.3. The van der Waals surface area contributed by atoms with Gasteiger partial charge in [0.05, 0.1) is 39.2 Å². The molecule has 7 nitrogen and oxygen atoms in total. The van der Waals surface area contributed by atoms with Crippen LogP contribution in [0.1, 0.15) is 11.6 Å². The summed E-state index contributed by atoms with van der Waals surface area (Å²) in [7, 11) is 3.25. The topological polar surface area (TPSA) is 67.9 Å². The Morgan fingerprint density at radius 1 is 1.25 bits per heavy atom. The van der Waals surface area contributed by atoms with E-state index in [1.807, 2.05) is 30.5 Å². The third kappa shape index (κ3) is 5.31. The first-order valence-corrected chi connectivity index (χ1v) is 9.60. The molecular weight excluding hydrogens is 376 g/mol. The zero-order valence-electron chi connectivity index (χ0n) is 16.2. The van der Waals surface area contributed by atoms with E-state index in [0.717, 1.165) is 43.3 Å². The second-order valence-corrected chi connectivity index (χ2v) is 6.76. The van der Waals surface area contributed by atoms with E-state index in [9.17, 15) is 0 Å². The number of morpholine rings is 1. The highest BCUT2D eigenvalue weighted by Gasteiger charge is 2.23. The van der Waals surface area contributed by atoms with E-state index in [-0.39, 0.29) is 6.04 Å². The number of ether oxygens (including phenoxy) is 3. The van der Waals surface area contributed by atoms with Gasteiger partial charge in [-0.15, -0.1) is 0 Å². The van der Waals surface area contributed by atoms with Gasteiger partial charge in [-0.05, 0) is 36.0 Å². The molecular formula is C20H26N4O3S. The standard InChI is InChI=1S/C20H26N4O3S/c1-25-16-5-6-19(26-2)17(12-16)23-20(28)22-14-18(15-4-3-7-21-13-15)24-8-10-27-11-9-24/h3-7,12-13,18H,8-11,14H2,1-2H3,(H2,22,23,28)/t18-/m0/s1. The van der Waals surface area contributed by atoms with Crippen LogP contribution in [0.25, 0.3) is 0 Å². The number of aromatic nitrogens is 1. The van der Waals surface area contributed by atoms with Crippen molar-refractivity contribution in [2.45, 2.75) is 6.04 Å². The zero-order chi connectivity index (χ0) is 19.8. The number of nitrogens with zero attached hydrogens (tertiary/aromatic N) is 2. The maximum atomic E-state index is 5.52. The molecule has 0 amide bonds. The fourth-order valence-corrected chi connectivity index (χ4v) is 3.38. The molecule has 0 aliphatic carbocycles. The number of anilines is 1. The van der Waals surface area contributed by atoms with Gasteiger partial charge in [-0.25, -0.2) is 0 Å². The lowest BCUT2D eigenvalue weighted by atomic mass is 10.1. The van der Waals surface area contributed by atoms with Crippen LogP contribution in [0.15, 0.2) is 42.7 Å². The number of pyridine rings is 1. The van der Waals surface area contributed by atoms with E-state index in [1.165, 1.54) is 0 Å². The molecule has 1 aromatic heterocycles. The molecule has 28 heavy (non-hydrogen) atoms. The number of hydrogen-bond acceptors (Lipinski definition) is 6. The maximum Gasteiger partial charge on any atom is 0.170 e.